The maximum atomic E-state index is 4.30. The van der Waals surface area contributed by atoms with E-state index in [0.717, 1.165) is 18.7 Å². The number of benzene rings is 1. The predicted octanol–water partition coefficient (Wildman–Crippen LogP) is 4.02. The summed E-state index contributed by atoms with van der Waals surface area (Å²) in [5.41, 5.74) is 3.67. The molecule has 0 aliphatic rings. The maximum absolute atomic E-state index is 4.30. The summed E-state index contributed by atoms with van der Waals surface area (Å²) in [6.07, 6.45) is 8.89. The SMILES string of the molecule is C=C/C=C\C(Cn1ccc2cc(CC)ccc21)=NC. The average molecular weight is 252 g/mol. The Balaban J connectivity index is 2.30. The van der Waals surface area contributed by atoms with Gasteiger partial charge in [-0.15, -0.1) is 0 Å². The second-order valence-electron chi connectivity index (χ2n) is 4.50. The lowest BCUT2D eigenvalue weighted by Crippen LogP contribution is -2.06. The Kier molecular flexibility index (Phi) is 4.35. The molecular weight excluding hydrogens is 232 g/mol. The molecule has 2 aromatic rings. The molecule has 1 aromatic heterocycles. The first-order chi connectivity index (χ1) is 9.28. The van der Waals surface area contributed by atoms with Gasteiger partial charge in [-0.1, -0.05) is 31.7 Å². The van der Waals surface area contributed by atoms with Crippen LogP contribution in [0.25, 0.3) is 10.9 Å². The number of rotatable bonds is 5. The number of hydrogen-bond donors (Lipinski definition) is 0. The fourth-order valence-corrected chi connectivity index (χ4v) is 2.16. The first-order valence-corrected chi connectivity index (χ1v) is 6.61. The highest BCUT2D eigenvalue weighted by molar-refractivity contribution is 5.96. The zero-order valence-electron chi connectivity index (χ0n) is 11.6. The number of nitrogens with zero attached hydrogens (tertiary/aromatic N) is 2. The highest BCUT2D eigenvalue weighted by atomic mass is 15.0. The maximum Gasteiger partial charge on any atom is 0.0644 e. The molecule has 0 unspecified atom stereocenters. The van der Waals surface area contributed by atoms with Gasteiger partial charge in [0.2, 0.25) is 0 Å². The third-order valence-corrected chi connectivity index (χ3v) is 3.29. The summed E-state index contributed by atoms with van der Waals surface area (Å²) >= 11 is 0. The summed E-state index contributed by atoms with van der Waals surface area (Å²) in [4.78, 5) is 4.30. The molecular formula is C17H20N2. The van der Waals surface area contributed by atoms with Gasteiger partial charge < -0.3 is 4.57 Å². The fraction of sp³-hybridized carbons (Fsp3) is 0.235. The van der Waals surface area contributed by atoms with Gasteiger partial charge in [-0.3, -0.25) is 4.99 Å². The van der Waals surface area contributed by atoms with Crippen LogP contribution in [-0.4, -0.2) is 17.3 Å². The molecule has 1 aromatic carbocycles. The summed E-state index contributed by atoms with van der Waals surface area (Å²) in [5, 5.41) is 1.29. The van der Waals surface area contributed by atoms with Gasteiger partial charge in [0.05, 0.1) is 12.3 Å². The molecule has 0 amide bonds. The normalized spacial score (nSPS) is 12.4. The van der Waals surface area contributed by atoms with Crippen molar-refractivity contribution in [2.75, 3.05) is 7.05 Å². The van der Waals surface area contributed by atoms with Crippen molar-refractivity contribution in [3.05, 3.63) is 60.8 Å². The molecule has 98 valence electrons. The molecule has 2 nitrogen and oxygen atoms in total. The van der Waals surface area contributed by atoms with Gasteiger partial charge in [0, 0.05) is 18.8 Å². The van der Waals surface area contributed by atoms with Crippen LogP contribution in [0.2, 0.25) is 0 Å². The molecule has 0 fully saturated rings. The molecule has 0 N–H and O–H groups in total. The van der Waals surface area contributed by atoms with Crippen molar-refractivity contribution in [2.45, 2.75) is 19.9 Å². The van der Waals surface area contributed by atoms with Crippen LogP contribution in [0, 0.1) is 0 Å². The number of hydrogen-bond acceptors (Lipinski definition) is 1. The molecule has 2 rings (SSSR count). The smallest absolute Gasteiger partial charge is 0.0644 e. The van der Waals surface area contributed by atoms with E-state index in [4.69, 9.17) is 0 Å². The highest BCUT2D eigenvalue weighted by Crippen LogP contribution is 2.18. The number of aryl methyl sites for hydroxylation is 1. The lowest BCUT2D eigenvalue weighted by Gasteiger charge is -2.06. The van der Waals surface area contributed by atoms with Gasteiger partial charge in [0.1, 0.15) is 0 Å². The molecule has 0 saturated carbocycles. The third kappa shape index (κ3) is 3.02. The van der Waals surface area contributed by atoms with E-state index >= 15 is 0 Å². The monoisotopic (exact) mass is 252 g/mol. The summed E-state index contributed by atoms with van der Waals surface area (Å²) in [7, 11) is 1.82. The van der Waals surface area contributed by atoms with Crippen molar-refractivity contribution in [2.24, 2.45) is 4.99 Å². The number of allylic oxidation sites excluding steroid dienone is 3. The van der Waals surface area contributed by atoms with Crippen LogP contribution in [0.3, 0.4) is 0 Å². The van der Waals surface area contributed by atoms with Crippen molar-refractivity contribution in [1.82, 2.24) is 4.57 Å². The van der Waals surface area contributed by atoms with Gasteiger partial charge in [-0.2, -0.15) is 0 Å². The number of aliphatic imine (C=N–C) groups is 1. The van der Waals surface area contributed by atoms with Crippen LogP contribution in [0.15, 0.2) is 60.3 Å². The van der Waals surface area contributed by atoms with Gasteiger partial charge in [0.25, 0.3) is 0 Å². The van der Waals surface area contributed by atoms with Crippen LogP contribution in [0.4, 0.5) is 0 Å². The van der Waals surface area contributed by atoms with Crippen LogP contribution in [0.5, 0.6) is 0 Å². The Labute approximate surface area is 114 Å². The molecule has 0 radical (unpaired) electrons. The molecule has 0 saturated heterocycles. The Bertz CT molecular complexity index is 630. The first-order valence-electron chi connectivity index (χ1n) is 6.61. The number of aromatic nitrogens is 1. The van der Waals surface area contributed by atoms with Crippen LogP contribution in [0.1, 0.15) is 12.5 Å². The lowest BCUT2D eigenvalue weighted by molar-refractivity contribution is 0.897. The van der Waals surface area contributed by atoms with E-state index in [9.17, 15) is 0 Å². The summed E-state index contributed by atoms with van der Waals surface area (Å²) in [6.45, 7) is 6.65. The zero-order chi connectivity index (χ0) is 13.7. The van der Waals surface area contributed by atoms with Gasteiger partial charge in [-0.25, -0.2) is 0 Å². The van der Waals surface area contributed by atoms with Crippen LogP contribution < -0.4 is 0 Å². The highest BCUT2D eigenvalue weighted by Gasteiger charge is 2.03. The fourth-order valence-electron chi connectivity index (χ4n) is 2.16. The van der Waals surface area contributed by atoms with E-state index in [-0.39, 0.29) is 0 Å². The molecule has 1 heterocycles. The quantitative estimate of drug-likeness (QED) is 0.565. The Morgan fingerprint density at radius 3 is 2.89 bits per heavy atom. The first kappa shape index (κ1) is 13.3. The molecule has 0 aliphatic heterocycles. The summed E-state index contributed by atoms with van der Waals surface area (Å²) < 4.78 is 2.23. The van der Waals surface area contributed by atoms with Crippen molar-refractivity contribution in [1.29, 1.82) is 0 Å². The van der Waals surface area contributed by atoms with E-state index in [1.165, 1.54) is 16.5 Å². The van der Waals surface area contributed by atoms with Gasteiger partial charge >= 0.3 is 0 Å². The lowest BCUT2D eigenvalue weighted by atomic mass is 10.1. The Hall–Kier alpha value is -2.09. The van der Waals surface area contributed by atoms with Gasteiger partial charge in [0.15, 0.2) is 0 Å². The largest absolute Gasteiger partial charge is 0.341 e. The Morgan fingerprint density at radius 2 is 2.21 bits per heavy atom. The minimum Gasteiger partial charge on any atom is -0.341 e. The third-order valence-electron chi connectivity index (χ3n) is 3.29. The van der Waals surface area contributed by atoms with Crippen molar-refractivity contribution >= 4 is 16.6 Å². The van der Waals surface area contributed by atoms with E-state index in [0.29, 0.717) is 0 Å². The second kappa shape index (κ2) is 6.19. The standard InChI is InChI=1S/C17H20N2/c1-4-6-7-16(18-3)13-19-11-10-15-12-14(5-2)8-9-17(15)19/h4,6-12H,1,5,13H2,2-3H3/b7-6-,18-16?. The molecule has 0 atom stereocenters. The van der Waals surface area contributed by atoms with E-state index in [1.54, 1.807) is 6.08 Å². The van der Waals surface area contributed by atoms with E-state index in [2.05, 4.69) is 53.5 Å². The van der Waals surface area contributed by atoms with Crippen molar-refractivity contribution < 1.29 is 0 Å². The van der Waals surface area contributed by atoms with Crippen molar-refractivity contribution in [3.63, 3.8) is 0 Å². The summed E-state index contributed by atoms with van der Waals surface area (Å²) in [6, 6.07) is 8.81. The summed E-state index contributed by atoms with van der Waals surface area (Å²) in [5.74, 6) is 0. The van der Waals surface area contributed by atoms with E-state index < -0.39 is 0 Å². The number of fused-ring (bicyclic) bond motifs is 1. The van der Waals surface area contributed by atoms with Crippen LogP contribution in [-0.2, 0) is 13.0 Å². The Morgan fingerprint density at radius 1 is 1.37 bits per heavy atom. The van der Waals surface area contributed by atoms with Crippen molar-refractivity contribution in [3.8, 4) is 0 Å². The molecule has 0 bridgehead atoms. The molecule has 19 heavy (non-hydrogen) atoms. The topological polar surface area (TPSA) is 17.3 Å². The van der Waals surface area contributed by atoms with Crippen LogP contribution >= 0.6 is 0 Å². The minimum atomic E-state index is 0.788. The minimum absolute atomic E-state index is 0.788. The molecule has 0 aliphatic carbocycles. The van der Waals surface area contributed by atoms with Gasteiger partial charge in [-0.05, 0) is 41.6 Å². The van der Waals surface area contributed by atoms with E-state index in [1.807, 2.05) is 19.2 Å². The second-order valence-corrected chi connectivity index (χ2v) is 4.50. The predicted molar refractivity (Wildman–Crippen MR) is 84.0 cm³/mol. The molecule has 0 spiro atoms. The average Bonchev–Trinajstić information content (AvgIpc) is 2.85. The molecule has 2 heteroatoms. The zero-order valence-corrected chi connectivity index (χ0v) is 11.6.